The highest BCUT2D eigenvalue weighted by Gasteiger charge is 2.14. The third-order valence-corrected chi connectivity index (χ3v) is 2.56. The lowest BCUT2D eigenvalue weighted by atomic mass is 10.2. The Morgan fingerprint density at radius 2 is 2.07 bits per heavy atom. The molecule has 8 heteroatoms. The van der Waals surface area contributed by atoms with E-state index in [0.717, 1.165) is 12.1 Å². The second-order valence-corrected chi connectivity index (χ2v) is 4.63. The largest absolute Gasteiger partial charge is 0.287 e. The number of nitrogens with zero attached hydrogens (tertiary/aromatic N) is 1. The molecular weight excluding hydrogens is 246 g/mol. The average molecular weight is 252 g/mol. The van der Waals surface area contributed by atoms with Gasteiger partial charge in [-0.2, -0.15) is 8.42 Å². The van der Waals surface area contributed by atoms with Gasteiger partial charge < -0.3 is 0 Å². The Labute approximate surface area is 90.4 Å². The van der Waals surface area contributed by atoms with Crippen molar-refractivity contribution in [1.82, 2.24) is 0 Å². The zero-order chi connectivity index (χ0) is 11.6. The summed E-state index contributed by atoms with van der Waals surface area (Å²) in [4.78, 5) is 9.69. The number of nitro benzene ring substituents is 1. The molecule has 0 saturated heterocycles. The maximum absolute atomic E-state index is 10.5. The Bertz CT molecular complexity index is 498. The predicted molar refractivity (Wildman–Crippen MR) is 53.4 cm³/mol. The van der Waals surface area contributed by atoms with Crippen molar-refractivity contribution in [3.63, 3.8) is 0 Å². The van der Waals surface area contributed by atoms with Gasteiger partial charge in [0, 0.05) is 6.07 Å². The molecule has 0 unspecified atom stereocenters. The van der Waals surface area contributed by atoms with Crippen molar-refractivity contribution in [2.75, 3.05) is 0 Å². The Hall–Kier alpha value is -1.18. The van der Waals surface area contributed by atoms with Crippen LogP contribution in [0.5, 0.6) is 0 Å². The van der Waals surface area contributed by atoms with Crippen molar-refractivity contribution >= 4 is 27.4 Å². The average Bonchev–Trinajstić information content (AvgIpc) is 1.99. The van der Waals surface area contributed by atoms with Crippen molar-refractivity contribution < 1.29 is 17.9 Å². The minimum atomic E-state index is -4.16. The van der Waals surface area contributed by atoms with Crippen LogP contribution in [-0.2, 0) is 15.9 Å². The summed E-state index contributed by atoms with van der Waals surface area (Å²) in [6.45, 7) is 0. The molecular formula is C7H6ClNO5S. The van der Waals surface area contributed by atoms with Crippen molar-refractivity contribution in [3.05, 3.63) is 38.9 Å². The molecule has 15 heavy (non-hydrogen) atoms. The van der Waals surface area contributed by atoms with Crippen molar-refractivity contribution in [2.24, 2.45) is 0 Å². The summed E-state index contributed by atoms with van der Waals surface area (Å²) in [6.07, 6.45) is 0. The van der Waals surface area contributed by atoms with Gasteiger partial charge in [0.05, 0.1) is 4.92 Å². The van der Waals surface area contributed by atoms with Gasteiger partial charge in [0.2, 0.25) is 0 Å². The van der Waals surface area contributed by atoms with Crippen LogP contribution < -0.4 is 0 Å². The summed E-state index contributed by atoms with van der Waals surface area (Å²) in [6, 6.07) is 3.44. The minimum Gasteiger partial charge on any atom is -0.285 e. The lowest BCUT2D eigenvalue weighted by molar-refractivity contribution is -0.384. The van der Waals surface area contributed by atoms with E-state index >= 15 is 0 Å². The van der Waals surface area contributed by atoms with Crippen LogP contribution in [-0.4, -0.2) is 17.9 Å². The highest BCUT2D eigenvalue weighted by Crippen LogP contribution is 2.25. The minimum absolute atomic E-state index is 0.166. The Balaban J connectivity index is 3.07. The lowest BCUT2D eigenvalue weighted by Crippen LogP contribution is -2.01. The summed E-state index contributed by atoms with van der Waals surface area (Å²) >= 11 is 5.54. The molecule has 0 fully saturated rings. The standard InChI is InChI=1S/C7H6ClNO5S/c8-6-3-5(4-15(12,13)14)1-2-7(6)9(10)11/h1-3H,4H2,(H,12,13,14). The van der Waals surface area contributed by atoms with Crippen LogP contribution in [0, 0.1) is 10.1 Å². The molecule has 0 atom stereocenters. The number of hydrogen-bond acceptors (Lipinski definition) is 4. The maximum Gasteiger partial charge on any atom is 0.287 e. The fraction of sp³-hybridized carbons (Fsp3) is 0.143. The van der Waals surface area contributed by atoms with Gasteiger partial charge in [-0.1, -0.05) is 17.7 Å². The second kappa shape index (κ2) is 4.13. The molecule has 1 N–H and O–H groups in total. The molecule has 1 aromatic rings. The van der Waals surface area contributed by atoms with Gasteiger partial charge in [-0.3, -0.25) is 14.7 Å². The van der Waals surface area contributed by atoms with E-state index in [4.69, 9.17) is 16.2 Å². The smallest absolute Gasteiger partial charge is 0.285 e. The SMILES string of the molecule is O=[N+]([O-])c1ccc(CS(=O)(=O)O)cc1Cl. The Kier molecular flexibility index (Phi) is 3.28. The zero-order valence-corrected chi connectivity index (χ0v) is 8.83. The van der Waals surface area contributed by atoms with E-state index in [1.165, 1.54) is 6.07 Å². The summed E-state index contributed by atoms with van der Waals surface area (Å²) in [5.41, 5.74) is -0.121. The quantitative estimate of drug-likeness (QED) is 0.500. The first kappa shape index (κ1) is 11.9. The van der Waals surface area contributed by atoms with E-state index in [2.05, 4.69) is 0 Å². The summed E-state index contributed by atoms with van der Waals surface area (Å²) in [5, 5.41) is 10.2. The fourth-order valence-corrected chi connectivity index (χ4v) is 1.87. The monoisotopic (exact) mass is 251 g/mol. The van der Waals surface area contributed by atoms with E-state index in [0.29, 0.717) is 0 Å². The molecule has 82 valence electrons. The molecule has 0 aliphatic rings. The van der Waals surface area contributed by atoms with Crippen LogP contribution in [0.2, 0.25) is 5.02 Å². The van der Waals surface area contributed by atoms with Crippen molar-refractivity contribution in [3.8, 4) is 0 Å². The number of rotatable bonds is 3. The van der Waals surface area contributed by atoms with E-state index in [-0.39, 0.29) is 16.3 Å². The number of hydrogen-bond donors (Lipinski definition) is 1. The van der Waals surface area contributed by atoms with Gasteiger partial charge >= 0.3 is 0 Å². The molecule has 0 aromatic heterocycles. The maximum atomic E-state index is 10.5. The molecule has 0 aliphatic carbocycles. The number of benzene rings is 1. The molecule has 0 aliphatic heterocycles. The first-order valence-electron chi connectivity index (χ1n) is 3.67. The predicted octanol–water partition coefficient (Wildman–Crippen LogP) is 1.64. The Morgan fingerprint density at radius 3 is 2.47 bits per heavy atom. The van der Waals surface area contributed by atoms with Gasteiger partial charge in [0.25, 0.3) is 15.8 Å². The molecule has 6 nitrogen and oxygen atoms in total. The zero-order valence-electron chi connectivity index (χ0n) is 7.25. The molecule has 0 heterocycles. The molecule has 0 amide bonds. The van der Waals surface area contributed by atoms with Crippen molar-refractivity contribution in [1.29, 1.82) is 0 Å². The van der Waals surface area contributed by atoms with Crippen LogP contribution >= 0.6 is 11.6 Å². The summed E-state index contributed by atoms with van der Waals surface area (Å²) in [7, 11) is -4.16. The van der Waals surface area contributed by atoms with Gasteiger partial charge in [-0.15, -0.1) is 0 Å². The Morgan fingerprint density at radius 1 is 1.47 bits per heavy atom. The number of nitro groups is 1. The van der Waals surface area contributed by atoms with Crippen LogP contribution in [0.4, 0.5) is 5.69 Å². The van der Waals surface area contributed by atoms with E-state index in [9.17, 15) is 18.5 Å². The second-order valence-electron chi connectivity index (χ2n) is 2.77. The van der Waals surface area contributed by atoms with Gasteiger partial charge in [-0.05, 0) is 11.6 Å². The van der Waals surface area contributed by atoms with Crippen molar-refractivity contribution in [2.45, 2.75) is 5.75 Å². The van der Waals surface area contributed by atoms with Gasteiger partial charge in [0.15, 0.2) is 0 Å². The molecule has 0 radical (unpaired) electrons. The lowest BCUT2D eigenvalue weighted by Gasteiger charge is -1.99. The molecule has 0 bridgehead atoms. The third-order valence-electron chi connectivity index (χ3n) is 1.56. The fourth-order valence-electron chi connectivity index (χ4n) is 0.999. The topological polar surface area (TPSA) is 97.5 Å². The van der Waals surface area contributed by atoms with E-state index in [1.807, 2.05) is 0 Å². The normalized spacial score (nSPS) is 11.3. The number of halogens is 1. The molecule has 1 aromatic carbocycles. The first-order chi connectivity index (χ1) is 6.79. The van der Waals surface area contributed by atoms with Crippen LogP contribution in [0.1, 0.15) is 5.56 Å². The van der Waals surface area contributed by atoms with Crippen LogP contribution in [0.3, 0.4) is 0 Å². The third kappa shape index (κ3) is 3.46. The molecule has 1 rings (SSSR count). The first-order valence-corrected chi connectivity index (χ1v) is 5.66. The van der Waals surface area contributed by atoms with E-state index in [1.54, 1.807) is 0 Å². The molecule has 0 saturated carbocycles. The summed E-state index contributed by atoms with van der Waals surface area (Å²) < 4.78 is 29.6. The van der Waals surface area contributed by atoms with Gasteiger partial charge in [0.1, 0.15) is 10.8 Å². The molecule has 0 spiro atoms. The highest BCUT2D eigenvalue weighted by molar-refractivity contribution is 7.85. The highest BCUT2D eigenvalue weighted by atomic mass is 35.5. The van der Waals surface area contributed by atoms with E-state index < -0.39 is 20.8 Å². The van der Waals surface area contributed by atoms with Crippen LogP contribution in [0.15, 0.2) is 18.2 Å². The van der Waals surface area contributed by atoms with Crippen LogP contribution in [0.25, 0.3) is 0 Å². The van der Waals surface area contributed by atoms with Gasteiger partial charge in [-0.25, -0.2) is 0 Å². The summed E-state index contributed by atoms with van der Waals surface area (Å²) in [5.74, 6) is -0.620.